The third-order valence-electron chi connectivity index (χ3n) is 5.18. The highest BCUT2D eigenvalue weighted by Crippen LogP contribution is 2.24. The fourth-order valence-corrected chi connectivity index (χ4v) is 5.56. The highest BCUT2D eigenvalue weighted by Gasteiger charge is 2.35. The summed E-state index contributed by atoms with van der Waals surface area (Å²) in [5.41, 5.74) is 3.33. The quantitative estimate of drug-likeness (QED) is 0.808. The maximum absolute atomic E-state index is 11.9. The molecule has 2 aliphatic heterocycles. The average Bonchev–Trinajstić information content (AvgIpc) is 3.18. The van der Waals surface area contributed by atoms with Crippen molar-refractivity contribution in [1.29, 1.82) is 0 Å². The van der Waals surface area contributed by atoms with Gasteiger partial charge < -0.3 is 15.0 Å². The molecule has 0 radical (unpaired) electrons. The van der Waals surface area contributed by atoms with E-state index in [1.165, 1.54) is 5.56 Å². The summed E-state index contributed by atoms with van der Waals surface area (Å²) in [6, 6.07) is 6.00. The zero-order valence-corrected chi connectivity index (χ0v) is 16.5. The summed E-state index contributed by atoms with van der Waals surface area (Å²) in [6.45, 7) is 5.55. The topological polar surface area (TPSA) is 58.6 Å². The molecule has 0 aromatic heterocycles. The van der Waals surface area contributed by atoms with Crippen molar-refractivity contribution in [1.82, 2.24) is 4.90 Å². The van der Waals surface area contributed by atoms with Crippen LogP contribution in [0.3, 0.4) is 0 Å². The van der Waals surface area contributed by atoms with Gasteiger partial charge in [0.05, 0.1) is 17.6 Å². The smallest absolute Gasteiger partial charge is 0.173 e. The van der Waals surface area contributed by atoms with Crippen LogP contribution >= 0.6 is 12.2 Å². The van der Waals surface area contributed by atoms with Crippen molar-refractivity contribution in [3.05, 3.63) is 29.3 Å². The molecule has 3 rings (SSSR count). The lowest BCUT2D eigenvalue weighted by Crippen LogP contribution is -2.47. The molecule has 0 bridgehead atoms. The molecular weight excluding hydrogens is 356 g/mol. The molecule has 0 unspecified atom stereocenters. The first-order valence-corrected chi connectivity index (χ1v) is 11.0. The molecule has 2 heterocycles. The van der Waals surface area contributed by atoms with Crippen LogP contribution in [0.2, 0.25) is 0 Å². The number of nitrogens with zero attached hydrogens (tertiary/aromatic N) is 1. The largest absolute Gasteiger partial charge is 0.376 e. The Balaban J connectivity index is 1.77. The van der Waals surface area contributed by atoms with E-state index in [-0.39, 0.29) is 23.7 Å². The lowest BCUT2D eigenvalue weighted by molar-refractivity contribution is 0.0851. The Morgan fingerprint density at radius 2 is 2.16 bits per heavy atom. The molecule has 138 valence electrons. The van der Waals surface area contributed by atoms with Crippen LogP contribution in [0.1, 0.15) is 30.4 Å². The monoisotopic (exact) mass is 382 g/mol. The van der Waals surface area contributed by atoms with Gasteiger partial charge in [-0.05, 0) is 62.5 Å². The predicted octanol–water partition coefficient (Wildman–Crippen LogP) is 2.67. The summed E-state index contributed by atoms with van der Waals surface area (Å²) < 4.78 is 29.6. The molecule has 2 atom stereocenters. The number of sulfone groups is 1. The van der Waals surface area contributed by atoms with Gasteiger partial charge in [0.1, 0.15) is 0 Å². The van der Waals surface area contributed by atoms with Gasteiger partial charge >= 0.3 is 0 Å². The van der Waals surface area contributed by atoms with Crippen LogP contribution in [0.25, 0.3) is 0 Å². The zero-order valence-electron chi connectivity index (χ0n) is 14.8. The molecule has 0 amide bonds. The highest BCUT2D eigenvalue weighted by atomic mass is 32.2. The Kier molecular flexibility index (Phi) is 5.65. The van der Waals surface area contributed by atoms with E-state index in [0.29, 0.717) is 18.1 Å². The maximum atomic E-state index is 11.9. The van der Waals surface area contributed by atoms with Gasteiger partial charge in [0, 0.05) is 24.9 Å². The number of hydrogen-bond acceptors (Lipinski definition) is 4. The van der Waals surface area contributed by atoms with E-state index in [9.17, 15) is 8.42 Å². The summed E-state index contributed by atoms with van der Waals surface area (Å²) in [5.74, 6) is 0.417. The van der Waals surface area contributed by atoms with E-state index >= 15 is 0 Å². The van der Waals surface area contributed by atoms with Gasteiger partial charge in [-0.1, -0.05) is 12.1 Å². The van der Waals surface area contributed by atoms with Crippen molar-refractivity contribution < 1.29 is 13.2 Å². The standard InChI is InChI=1S/C18H26N2O3S2/c1-13-5-3-7-17(14(13)2)19-18(24)20(11-16-6-4-9-23-16)15-8-10-25(21,22)12-15/h3,5,7,15-16H,4,6,8-12H2,1-2H3,(H,19,24)/t15-,16+/m1/s1. The van der Waals surface area contributed by atoms with E-state index in [2.05, 4.69) is 25.2 Å². The zero-order chi connectivity index (χ0) is 18.0. The van der Waals surface area contributed by atoms with Crippen molar-refractivity contribution >= 4 is 32.9 Å². The van der Waals surface area contributed by atoms with Crippen LogP contribution in [-0.2, 0) is 14.6 Å². The number of thiocarbonyl (C=S) groups is 1. The number of benzene rings is 1. The van der Waals surface area contributed by atoms with E-state index in [0.717, 1.165) is 30.7 Å². The van der Waals surface area contributed by atoms with Crippen LogP contribution in [0.5, 0.6) is 0 Å². The van der Waals surface area contributed by atoms with Crippen LogP contribution in [0.15, 0.2) is 18.2 Å². The Morgan fingerprint density at radius 1 is 1.36 bits per heavy atom. The van der Waals surface area contributed by atoms with E-state index in [4.69, 9.17) is 17.0 Å². The third kappa shape index (κ3) is 4.51. The van der Waals surface area contributed by atoms with Crippen molar-refractivity contribution in [3.63, 3.8) is 0 Å². The van der Waals surface area contributed by atoms with Crippen molar-refractivity contribution in [3.8, 4) is 0 Å². The molecule has 1 aromatic rings. The summed E-state index contributed by atoms with van der Waals surface area (Å²) in [7, 11) is -2.97. The minimum Gasteiger partial charge on any atom is -0.376 e. The summed E-state index contributed by atoms with van der Waals surface area (Å²) in [4.78, 5) is 2.04. The minimum absolute atomic E-state index is 0.0701. The average molecular weight is 383 g/mol. The van der Waals surface area contributed by atoms with Gasteiger partial charge in [0.2, 0.25) is 0 Å². The molecule has 1 N–H and O–H groups in total. The molecule has 2 saturated heterocycles. The van der Waals surface area contributed by atoms with Gasteiger partial charge in [-0.25, -0.2) is 8.42 Å². The first kappa shape index (κ1) is 18.6. The minimum atomic E-state index is -2.97. The lowest BCUT2D eigenvalue weighted by atomic mass is 10.1. The SMILES string of the molecule is Cc1cccc(NC(=S)N(C[C@@H]2CCCO2)[C@@H]2CCS(=O)(=O)C2)c1C. The molecule has 7 heteroatoms. The molecular formula is C18H26N2O3S2. The molecule has 25 heavy (non-hydrogen) atoms. The molecule has 0 saturated carbocycles. The lowest BCUT2D eigenvalue weighted by Gasteiger charge is -2.33. The molecule has 0 spiro atoms. The number of nitrogens with one attached hydrogen (secondary N) is 1. The van der Waals surface area contributed by atoms with Crippen LogP contribution in [0, 0.1) is 13.8 Å². The molecule has 2 aliphatic rings. The maximum Gasteiger partial charge on any atom is 0.173 e. The van der Waals surface area contributed by atoms with Crippen molar-refractivity contribution in [2.45, 2.75) is 45.3 Å². The van der Waals surface area contributed by atoms with Crippen LogP contribution in [-0.4, -0.2) is 55.2 Å². The second-order valence-corrected chi connectivity index (χ2v) is 9.64. The van der Waals surface area contributed by atoms with Gasteiger partial charge in [0.25, 0.3) is 0 Å². The molecule has 1 aromatic carbocycles. The third-order valence-corrected chi connectivity index (χ3v) is 7.27. The van der Waals surface area contributed by atoms with Crippen LogP contribution < -0.4 is 5.32 Å². The fraction of sp³-hybridized carbons (Fsp3) is 0.611. The summed E-state index contributed by atoms with van der Waals surface area (Å²) in [6.07, 6.45) is 2.81. The van der Waals surface area contributed by atoms with Gasteiger partial charge in [-0.3, -0.25) is 0 Å². The number of ether oxygens (including phenoxy) is 1. The molecule has 0 aliphatic carbocycles. The first-order chi connectivity index (χ1) is 11.9. The second-order valence-electron chi connectivity index (χ2n) is 7.02. The predicted molar refractivity (Wildman–Crippen MR) is 105 cm³/mol. The number of anilines is 1. The number of aryl methyl sites for hydroxylation is 1. The van der Waals surface area contributed by atoms with Crippen LogP contribution in [0.4, 0.5) is 5.69 Å². The van der Waals surface area contributed by atoms with Gasteiger partial charge in [0.15, 0.2) is 14.9 Å². The second kappa shape index (κ2) is 7.60. The van der Waals surface area contributed by atoms with Crippen molar-refractivity contribution in [2.75, 3.05) is 30.0 Å². The Labute approximate surface area is 155 Å². The fourth-order valence-electron chi connectivity index (χ4n) is 3.50. The van der Waals surface area contributed by atoms with Gasteiger partial charge in [-0.15, -0.1) is 0 Å². The van der Waals surface area contributed by atoms with E-state index < -0.39 is 9.84 Å². The van der Waals surface area contributed by atoms with Gasteiger partial charge in [-0.2, -0.15) is 0 Å². The highest BCUT2D eigenvalue weighted by molar-refractivity contribution is 7.91. The number of rotatable bonds is 4. The van der Waals surface area contributed by atoms with E-state index in [1.807, 2.05) is 17.0 Å². The normalized spacial score (nSPS) is 25.0. The summed E-state index contributed by atoms with van der Waals surface area (Å²) >= 11 is 5.67. The Hall–Kier alpha value is -1.18. The first-order valence-electron chi connectivity index (χ1n) is 8.81. The number of hydrogen-bond donors (Lipinski definition) is 1. The van der Waals surface area contributed by atoms with E-state index in [1.54, 1.807) is 0 Å². The molecule has 2 fully saturated rings. The Morgan fingerprint density at radius 3 is 2.80 bits per heavy atom. The Bertz CT molecular complexity index is 743. The molecule has 5 nitrogen and oxygen atoms in total. The summed E-state index contributed by atoms with van der Waals surface area (Å²) in [5, 5.41) is 3.93. The van der Waals surface area contributed by atoms with Crippen molar-refractivity contribution in [2.24, 2.45) is 0 Å².